The molecular formula is C18H23BrOSi. The van der Waals surface area contributed by atoms with E-state index in [0.717, 1.165) is 16.8 Å². The van der Waals surface area contributed by atoms with Crippen molar-refractivity contribution in [2.24, 2.45) is 0 Å². The Labute approximate surface area is 137 Å². The summed E-state index contributed by atoms with van der Waals surface area (Å²) in [5.74, 6) is 0.959. The Balaban J connectivity index is 2.01. The van der Waals surface area contributed by atoms with Gasteiger partial charge in [0.2, 0.25) is 0 Å². The average Bonchev–Trinajstić information content (AvgIpc) is 2.45. The summed E-state index contributed by atoms with van der Waals surface area (Å²) in [5.41, 5.74) is 3.09. The molecule has 0 radical (unpaired) electrons. The second kappa shape index (κ2) is 6.80. The summed E-state index contributed by atoms with van der Waals surface area (Å²) in [6.07, 6.45) is 0. The molecule has 0 bridgehead atoms. The molecule has 1 atom stereocenters. The van der Waals surface area contributed by atoms with Crippen molar-refractivity contribution in [1.82, 2.24) is 0 Å². The van der Waals surface area contributed by atoms with Crippen molar-refractivity contribution in [3.63, 3.8) is 0 Å². The topological polar surface area (TPSA) is 9.23 Å². The maximum Gasteiger partial charge on any atom is 0.119 e. The number of hydrogen-bond donors (Lipinski definition) is 0. The van der Waals surface area contributed by atoms with E-state index in [4.69, 9.17) is 4.74 Å². The highest BCUT2D eigenvalue weighted by atomic mass is 79.9. The van der Waals surface area contributed by atoms with Crippen molar-refractivity contribution in [2.75, 3.05) is 6.61 Å². The van der Waals surface area contributed by atoms with Gasteiger partial charge in [-0.25, -0.2) is 0 Å². The summed E-state index contributed by atoms with van der Waals surface area (Å²) < 4.78 is 7.03. The van der Waals surface area contributed by atoms with Crippen LogP contribution in [0.15, 0.2) is 53.0 Å². The molecule has 21 heavy (non-hydrogen) atoms. The molecule has 0 fully saturated rings. The second-order valence-corrected chi connectivity index (χ2v) is 13.2. The number of benzene rings is 2. The summed E-state index contributed by atoms with van der Waals surface area (Å²) in [5, 5.41) is 0. The first kappa shape index (κ1) is 16.3. The van der Waals surface area contributed by atoms with E-state index in [1.807, 2.05) is 0 Å². The zero-order valence-corrected chi connectivity index (χ0v) is 15.8. The minimum absolute atomic E-state index is 0.656. The van der Waals surface area contributed by atoms with E-state index in [9.17, 15) is 0 Å². The lowest BCUT2D eigenvalue weighted by molar-refractivity contribution is 0.314. The number of hydrogen-bond acceptors (Lipinski definition) is 1. The lowest BCUT2D eigenvalue weighted by atomic mass is 10.1. The van der Waals surface area contributed by atoms with E-state index in [1.165, 1.54) is 11.1 Å². The van der Waals surface area contributed by atoms with Crippen molar-refractivity contribution < 1.29 is 4.74 Å². The van der Waals surface area contributed by atoms with Gasteiger partial charge in [-0.15, -0.1) is 0 Å². The Kier molecular flexibility index (Phi) is 5.28. The van der Waals surface area contributed by atoms with Gasteiger partial charge in [0.1, 0.15) is 5.75 Å². The molecule has 0 N–H and O–H groups in total. The van der Waals surface area contributed by atoms with Gasteiger partial charge in [-0.2, -0.15) is 0 Å². The maximum absolute atomic E-state index is 5.93. The van der Waals surface area contributed by atoms with Crippen LogP contribution in [0.2, 0.25) is 25.2 Å². The molecule has 1 unspecified atom stereocenters. The lowest BCUT2D eigenvalue weighted by Gasteiger charge is -2.25. The minimum atomic E-state index is -1.11. The highest BCUT2D eigenvalue weighted by molar-refractivity contribution is 9.10. The Morgan fingerprint density at radius 1 is 0.905 bits per heavy atom. The quantitative estimate of drug-likeness (QED) is 0.573. The largest absolute Gasteiger partial charge is 0.494 e. The van der Waals surface area contributed by atoms with Crippen LogP contribution in [-0.4, -0.2) is 14.7 Å². The normalized spacial score (nSPS) is 13.0. The number of ether oxygens (including phenoxy) is 1. The van der Waals surface area contributed by atoms with Crippen molar-refractivity contribution >= 4 is 24.0 Å². The zero-order chi connectivity index (χ0) is 15.5. The summed E-state index contributed by atoms with van der Waals surface area (Å²) >= 11 is 3.46. The van der Waals surface area contributed by atoms with Crippen molar-refractivity contribution in [3.05, 3.63) is 53.0 Å². The van der Waals surface area contributed by atoms with Crippen LogP contribution >= 0.6 is 15.9 Å². The fourth-order valence-electron chi connectivity index (χ4n) is 1.86. The van der Waals surface area contributed by atoms with Crippen LogP contribution in [0.5, 0.6) is 5.75 Å². The summed E-state index contributed by atoms with van der Waals surface area (Å²) in [6.45, 7) is 10.3. The van der Waals surface area contributed by atoms with Crippen molar-refractivity contribution in [3.8, 4) is 16.9 Å². The fraction of sp³-hybridized carbons (Fsp3) is 0.333. The van der Waals surface area contributed by atoms with E-state index < -0.39 is 8.07 Å². The summed E-state index contributed by atoms with van der Waals surface area (Å²) in [6, 6.07) is 16.7. The third-order valence-corrected chi connectivity index (χ3v) is 7.66. The van der Waals surface area contributed by atoms with Gasteiger partial charge in [-0.3, -0.25) is 0 Å². The van der Waals surface area contributed by atoms with E-state index in [2.05, 4.69) is 91.0 Å². The molecule has 0 aliphatic carbocycles. The van der Waals surface area contributed by atoms with Crippen molar-refractivity contribution in [2.45, 2.75) is 32.1 Å². The molecule has 3 heteroatoms. The van der Waals surface area contributed by atoms with E-state index in [1.54, 1.807) is 0 Å². The van der Waals surface area contributed by atoms with Gasteiger partial charge in [0, 0.05) is 4.47 Å². The van der Waals surface area contributed by atoms with Gasteiger partial charge in [0.05, 0.1) is 14.7 Å². The van der Waals surface area contributed by atoms with E-state index in [-0.39, 0.29) is 0 Å². The van der Waals surface area contributed by atoms with Gasteiger partial charge in [-0.05, 0) is 40.9 Å². The first-order valence-electron chi connectivity index (χ1n) is 7.35. The standard InChI is InChI=1S/C18H23BrOSi/c1-14(21(2,3)4)13-20-18-11-7-16(8-12-18)15-5-9-17(19)10-6-15/h5-12,14H,13H2,1-4H3. The van der Waals surface area contributed by atoms with Crippen LogP contribution in [-0.2, 0) is 0 Å². The van der Waals surface area contributed by atoms with Gasteiger partial charge < -0.3 is 4.74 Å². The SMILES string of the molecule is CC(COc1ccc(-c2ccc(Br)cc2)cc1)[Si](C)(C)C. The monoisotopic (exact) mass is 362 g/mol. The summed E-state index contributed by atoms with van der Waals surface area (Å²) in [7, 11) is -1.11. The van der Waals surface area contributed by atoms with Crippen LogP contribution in [0.1, 0.15) is 6.92 Å². The molecule has 2 rings (SSSR count). The lowest BCUT2D eigenvalue weighted by Crippen LogP contribution is -2.30. The van der Waals surface area contributed by atoms with Crippen molar-refractivity contribution in [1.29, 1.82) is 0 Å². The van der Waals surface area contributed by atoms with Gasteiger partial charge in [-0.1, -0.05) is 66.8 Å². The Morgan fingerprint density at radius 3 is 1.86 bits per heavy atom. The molecule has 0 spiro atoms. The second-order valence-electron chi connectivity index (χ2n) is 6.61. The molecule has 0 saturated heterocycles. The third kappa shape index (κ3) is 4.72. The molecule has 0 aliphatic heterocycles. The average molecular weight is 363 g/mol. The molecule has 0 saturated carbocycles. The van der Waals surface area contributed by atoms with Crippen LogP contribution in [0.3, 0.4) is 0 Å². The number of halogens is 1. The first-order valence-corrected chi connectivity index (χ1v) is 11.7. The first-order chi connectivity index (χ1) is 9.86. The van der Waals surface area contributed by atoms with Crippen LogP contribution in [0.25, 0.3) is 11.1 Å². The molecule has 0 aromatic heterocycles. The molecule has 2 aromatic rings. The van der Waals surface area contributed by atoms with E-state index in [0.29, 0.717) is 5.54 Å². The highest BCUT2D eigenvalue weighted by Crippen LogP contribution is 2.26. The smallest absolute Gasteiger partial charge is 0.119 e. The molecular weight excluding hydrogens is 340 g/mol. The maximum atomic E-state index is 5.93. The molecule has 0 aliphatic rings. The Bertz CT molecular complexity index is 570. The van der Waals surface area contributed by atoms with Gasteiger partial charge in [0.15, 0.2) is 0 Å². The van der Waals surface area contributed by atoms with Crippen LogP contribution < -0.4 is 4.74 Å². The fourth-order valence-corrected chi connectivity index (χ4v) is 2.70. The van der Waals surface area contributed by atoms with Gasteiger partial charge >= 0.3 is 0 Å². The van der Waals surface area contributed by atoms with Crippen LogP contribution in [0, 0.1) is 0 Å². The summed E-state index contributed by atoms with van der Waals surface area (Å²) in [4.78, 5) is 0. The predicted molar refractivity (Wildman–Crippen MR) is 97.8 cm³/mol. The minimum Gasteiger partial charge on any atom is -0.494 e. The van der Waals surface area contributed by atoms with Crippen LogP contribution in [0.4, 0.5) is 0 Å². The Hall–Kier alpha value is -1.06. The Morgan fingerprint density at radius 2 is 1.38 bits per heavy atom. The number of rotatable bonds is 5. The molecule has 2 aromatic carbocycles. The van der Waals surface area contributed by atoms with E-state index >= 15 is 0 Å². The molecule has 0 heterocycles. The zero-order valence-electron chi connectivity index (χ0n) is 13.2. The molecule has 0 amide bonds. The third-order valence-electron chi connectivity index (χ3n) is 4.01. The molecule has 112 valence electrons. The molecule has 1 nitrogen and oxygen atoms in total. The van der Waals surface area contributed by atoms with Gasteiger partial charge in [0.25, 0.3) is 0 Å². The predicted octanol–water partition coefficient (Wildman–Crippen LogP) is 6.22. The highest BCUT2D eigenvalue weighted by Gasteiger charge is 2.22.